The molecule has 4 atom stereocenters. The second kappa shape index (κ2) is 21.9. The van der Waals surface area contributed by atoms with Gasteiger partial charge in [0.2, 0.25) is 35.4 Å². The topological polar surface area (TPSA) is 212 Å². The van der Waals surface area contributed by atoms with Crippen molar-refractivity contribution >= 4 is 58.4 Å². The van der Waals surface area contributed by atoms with Crippen LogP contribution in [-0.4, -0.2) is 71.2 Å². The molecule has 62 heavy (non-hydrogen) atoms. The summed E-state index contributed by atoms with van der Waals surface area (Å²) in [5.74, 6) is -4.70. The average Bonchev–Trinajstić information content (AvgIpc) is 3.79. The summed E-state index contributed by atoms with van der Waals surface area (Å²) in [6.07, 6.45) is -0.319. The lowest BCUT2D eigenvalue weighted by Gasteiger charge is -2.27. The lowest BCUT2D eigenvalue weighted by molar-refractivity contribution is -0.137. The molecule has 0 saturated heterocycles. The first-order valence-corrected chi connectivity index (χ1v) is 21.2. The fraction of sp³-hybridized carbons (Fsp3) is 0.255. The van der Waals surface area contributed by atoms with Gasteiger partial charge >= 0.3 is 5.97 Å². The highest BCUT2D eigenvalue weighted by atomic mass is 32.1. The number of carboxylic acids is 1. The van der Waals surface area contributed by atoms with Crippen molar-refractivity contribution in [3.05, 3.63) is 148 Å². The maximum atomic E-state index is 14.6. The molecule has 7 rings (SSSR count). The first-order valence-electron chi connectivity index (χ1n) is 20.3. The Balaban J connectivity index is 1.35. The summed E-state index contributed by atoms with van der Waals surface area (Å²) in [6.45, 7) is 0.0184. The maximum absolute atomic E-state index is 14.6. The van der Waals surface area contributed by atoms with Crippen LogP contribution in [0.5, 0.6) is 0 Å². The third kappa shape index (κ3) is 13.2. The summed E-state index contributed by atoms with van der Waals surface area (Å²) >= 11 is 1.40. The van der Waals surface area contributed by atoms with E-state index in [1.165, 1.54) is 11.3 Å². The van der Waals surface area contributed by atoms with Crippen LogP contribution in [0.3, 0.4) is 0 Å². The number of hydrogen-bond acceptors (Lipinski definition) is 8. The number of hydrogen-bond donors (Lipinski definition) is 7. The van der Waals surface area contributed by atoms with Crippen molar-refractivity contribution in [2.75, 3.05) is 11.9 Å². The Labute approximate surface area is 362 Å². The fourth-order valence-electron chi connectivity index (χ4n) is 6.92. The fourth-order valence-corrected chi connectivity index (χ4v) is 7.68. The Morgan fingerprint density at radius 3 is 1.77 bits per heavy atom. The number of fused-ring (bicyclic) bond motifs is 17. The summed E-state index contributed by atoms with van der Waals surface area (Å²) in [6, 6.07) is 31.2. The Morgan fingerprint density at radius 1 is 0.597 bits per heavy atom. The minimum atomic E-state index is -1.29. The summed E-state index contributed by atoms with van der Waals surface area (Å²) in [5.41, 5.74) is 4.05. The molecule has 6 amide bonds. The molecule has 0 radical (unpaired) electrons. The minimum Gasteiger partial charge on any atom is -0.481 e. The van der Waals surface area contributed by atoms with Gasteiger partial charge in [0.05, 0.1) is 0 Å². The van der Waals surface area contributed by atoms with Gasteiger partial charge in [-0.1, -0.05) is 103 Å². The van der Waals surface area contributed by atoms with E-state index in [9.17, 15) is 33.6 Å². The van der Waals surface area contributed by atoms with Crippen LogP contribution in [0, 0.1) is 0 Å². The minimum absolute atomic E-state index is 0.0137. The van der Waals surface area contributed by atoms with E-state index in [-0.39, 0.29) is 51.5 Å². The van der Waals surface area contributed by atoms with Crippen molar-refractivity contribution in [3.8, 4) is 11.1 Å². The Morgan fingerprint density at radius 2 is 1.16 bits per heavy atom. The number of carbonyl (C=O) groups excluding carboxylic acids is 6. The van der Waals surface area contributed by atoms with Gasteiger partial charge in [-0.2, -0.15) is 0 Å². The van der Waals surface area contributed by atoms with Gasteiger partial charge in [-0.3, -0.25) is 33.6 Å². The summed E-state index contributed by atoms with van der Waals surface area (Å²) in [4.78, 5) is 95.2. The molecule has 3 heterocycles. The third-order valence-corrected chi connectivity index (χ3v) is 11.1. The summed E-state index contributed by atoms with van der Waals surface area (Å²) < 4.78 is 0. The number of rotatable bonds is 12. The normalized spacial score (nSPS) is 18.9. The Kier molecular flexibility index (Phi) is 15.7. The summed E-state index contributed by atoms with van der Waals surface area (Å²) in [7, 11) is 0. The molecule has 4 aromatic carbocycles. The monoisotopic (exact) mass is 856 g/mol. The number of aliphatic carboxylic acids is 1. The zero-order valence-corrected chi connectivity index (χ0v) is 34.6. The maximum Gasteiger partial charge on any atom is 0.303 e. The molecule has 15 heteroatoms. The van der Waals surface area contributed by atoms with Crippen LogP contribution < -0.4 is 31.9 Å². The van der Waals surface area contributed by atoms with E-state index in [1.807, 2.05) is 78.2 Å². The molecule has 0 saturated carbocycles. The summed E-state index contributed by atoms with van der Waals surface area (Å²) in [5, 5.41) is 27.7. The second-order valence-electron chi connectivity index (χ2n) is 14.9. The standard InChI is InChI=1S/C47H48N6O8S/c54-40-23-24-41(55)50-39(29-36-13-8-26-62-36)45(59)51-37(28-31-15-17-33(18-16-31)32-11-5-2-6-12-32)44(58)52-38(27-30-9-3-1-4-10-30)46(60)53-43(34-19-21-35(49-40)22-20-34)47(61)48-25-7-14-42(56)57/h1-6,8-13,15-22,26,37-39,43H,7,14,23-25,27-29H2,(H,48,61)(H,49,54)(H,50,55)(H,51,59)(H,52,58)(H,53,60)(H,56,57)/t37-,38+,39+,43?/m0/s1. The van der Waals surface area contributed by atoms with Gasteiger partial charge in [0.25, 0.3) is 0 Å². The number of carboxylic acid groups (broad SMARTS) is 1. The van der Waals surface area contributed by atoms with E-state index in [1.54, 1.807) is 48.5 Å². The number of benzene rings is 4. The molecule has 7 N–H and O–H groups in total. The van der Waals surface area contributed by atoms with Crippen molar-refractivity contribution in [1.82, 2.24) is 26.6 Å². The van der Waals surface area contributed by atoms with Gasteiger partial charge in [0.15, 0.2) is 0 Å². The second-order valence-corrected chi connectivity index (χ2v) is 15.9. The highest BCUT2D eigenvalue weighted by Gasteiger charge is 2.33. The predicted octanol–water partition coefficient (Wildman–Crippen LogP) is 4.47. The van der Waals surface area contributed by atoms with Crippen molar-refractivity contribution in [2.24, 2.45) is 0 Å². The Hall–Kier alpha value is -7.13. The molecular formula is C47H48N6O8S. The first kappa shape index (κ1) is 44.4. The van der Waals surface area contributed by atoms with Crippen LogP contribution in [-0.2, 0) is 52.8 Å². The molecule has 2 aliphatic heterocycles. The number of thiophene rings is 1. The molecule has 0 spiro atoms. The highest BCUT2D eigenvalue weighted by molar-refractivity contribution is 7.09. The first-order chi connectivity index (χ1) is 30.0. The van der Waals surface area contributed by atoms with Crippen LogP contribution >= 0.6 is 11.3 Å². The molecule has 320 valence electrons. The van der Waals surface area contributed by atoms with E-state index in [0.29, 0.717) is 22.4 Å². The lowest BCUT2D eigenvalue weighted by Crippen LogP contribution is -2.58. The molecule has 1 unspecified atom stereocenters. The van der Waals surface area contributed by atoms with Crippen LogP contribution in [0.15, 0.2) is 127 Å². The van der Waals surface area contributed by atoms with Crippen molar-refractivity contribution < 1.29 is 38.7 Å². The van der Waals surface area contributed by atoms with Gasteiger partial charge in [-0.15, -0.1) is 11.3 Å². The number of anilines is 1. The average molecular weight is 857 g/mol. The molecule has 5 aromatic rings. The Bertz CT molecular complexity index is 2320. The molecule has 1 aromatic heterocycles. The molecule has 2 aliphatic rings. The van der Waals surface area contributed by atoms with Gasteiger partial charge in [0, 0.05) is 55.6 Å². The van der Waals surface area contributed by atoms with Gasteiger partial charge < -0.3 is 37.0 Å². The third-order valence-electron chi connectivity index (χ3n) is 10.2. The number of amides is 6. The molecule has 14 nitrogen and oxygen atoms in total. The van der Waals surface area contributed by atoms with Gasteiger partial charge in [-0.25, -0.2) is 0 Å². The van der Waals surface area contributed by atoms with Crippen LogP contribution in [0.1, 0.15) is 53.3 Å². The highest BCUT2D eigenvalue weighted by Crippen LogP contribution is 2.22. The lowest BCUT2D eigenvalue weighted by atomic mass is 9.99. The van der Waals surface area contributed by atoms with Crippen molar-refractivity contribution in [3.63, 3.8) is 0 Å². The molecule has 2 bridgehead atoms. The predicted molar refractivity (Wildman–Crippen MR) is 235 cm³/mol. The van der Waals surface area contributed by atoms with Crippen LogP contribution in [0.4, 0.5) is 5.69 Å². The zero-order valence-electron chi connectivity index (χ0n) is 33.8. The van der Waals surface area contributed by atoms with E-state index in [0.717, 1.165) is 16.0 Å². The molecule has 0 aliphatic carbocycles. The zero-order chi connectivity index (χ0) is 43.8. The van der Waals surface area contributed by atoms with Crippen molar-refractivity contribution in [2.45, 2.75) is 69.1 Å². The largest absolute Gasteiger partial charge is 0.481 e. The van der Waals surface area contributed by atoms with E-state index in [2.05, 4.69) is 31.9 Å². The van der Waals surface area contributed by atoms with E-state index < -0.39 is 65.6 Å². The van der Waals surface area contributed by atoms with Gasteiger partial charge in [0.1, 0.15) is 24.2 Å². The van der Waals surface area contributed by atoms with Gasteiger partial charge in [-0.05, 0) is 57.8 Å². The molecular weight excluding hydrogens is 809 g/mol. The van der Waals surface area contributed by atoms with Crippen LogP contribution in [0.2, 0.25) is 0 Å². The number of carbonyl (C=O) groups is 7. The smallest absolute Gasteiger partial charge is 0.303 e. The quantitative estimate of drug-likeness (QED) is 0.0702. The molecule has 0 fully saturated rings. The van der Waals surface area contributed by atoms with Crippen molar-refractivity contribution in [1.29, 1.82) is 0 Å². The number of nitrogens with one attached hydrogen (secondary N) is 6. The van der Waals surface area contributed by atoms with E-state index in [4.69, 9.17) is 5.11 Å². The van der Waals surface area contributed by atoms with E-state index >= 15 is 0 Å². The van der Waals surface area contributed by atoms with Crippen LogP contribution in [0.25, 0.3) is 11.1 Å². The SMILES string of the molecule is O=C(O)CCCNC(=O)C1NC(=O)[C@@H](Cc2ccccc2)NC(=O)[C@H](Cc2ccc(-c3ccccc3)cc2)NC(=O)[C@@H](Cc2cccs2)NC(=O)CCC(=O)Nc2ccc1cc2.